The van der Waals surface area contributed by atoms with Gasteiger partial charge in [-0.15, -0.1) is 0 Å². The van der Waals surface area contributed by atoms with Crippen LogP contribution in [-0.4, -0.2) is 34.6 Å². The summed E-state index contributed by atoms with van der Waals surface area (Å²) >= 11 is 0. The summed E-state index contributed by atoms with van der Waals surface area (Å²) in [6.45, 7) is 0. The highest BCUT2D eigenvalue weighted by molar-refractivity contribution is 7.84. The van der Waals surface area contributed by atoms with Crippen molar-refractivity contribution in [3.8, 4) is 5.75 Å². The number of anilines is 1. The second-order valence-electron chi connectivity index (χ2n) is 2.27. The number of rotatable bonds is 3. The molecule has 0 fully saturated rings. The zero-order valence-electron chi connectivity index (χ0n) is 7.70. The fourth-order valence-corrected chi connectivity index (χ4v) is 1.24. The van der Waals surface area contributed by atoms with Gasteiger partial charge in [-0.2, -0.15) is 4.98 Å². The van der Waals surface area contributed by atoms with Gasteiger partial charge in [0.15, 0.2) is 11.6 Å². The Morgan fingerprint density at radius 1 is 1.62 bits per heavy atom. The molecule has 0 saturated carbocycles. The van der Waals surface area contributed by atoms with Crippen LogP contribution in [0.25, 0.3) is 0 Å². The molecular formula is C7H11N3O2S. The highest BCUT2D eigenvalue weighted by Crippen LogP contribution is 2.19. The van der Waals surface area contributed by atoms with Crippen molar-refractivity contribution in [1.82, 2.24) is 9.97 Å². The second kappa shape index (κ2) is 4.18. The zero-order valence-corrected chi connectivity index (χ0v) is 8.51. The Kier molecular flexibility index (Phi) is 3.18. The smallest absolute Gasteiger partial charge is 0.220 e. The molecule has 0 aromatic carbocycles. The predicted molar refractivity (Wildman–Crippen MR) is 50.5 cm³/mol. The Bertz CT molecular complexity index is 330. The van der Waals surface area contributed by atoms with Crippen LogP contribution in [0.4, 0.5) is 5.82 Å². The fourth-order valence-electron chi connectivity index (χ4n) is 0.822. The van der Waals surface area contributed by atoms with Crippen LogP contribution >= 0.6 is 0 Å². The summed E-state index contributed by atoms with van der Waals surface area (Å²) in [5.74, 6) is 1.08. The largest absolute Gasteiger partial charge is 0.491 e. The monoisotopic (exact) mass is 201 g/mol. The molecule has 1 aromatic heterocycles. The van der Waals surface area contributed by atoms with E-state index in [1.165, 1.54) is 19.6 Å². The van der Waals surface area contributed by atoms with Crippen molar-refractivity contribution in [2.75, 3.05) is 25.7 Å². The van der Waals surface area contributed by atoms with Gasteiger partial charge in [-0.25, -0.2) is 4.98 Å². The number of hydrogen-bond donors (Lipinski definition) is 1. The van der Waals surface area contributed by atoms with Gasteiger partial charge in [-0.1, -0.05) is 0 Å². The number of hydrogen-bond acceptors (Lipinski definition) is 5. The molecule has 5 nitrogen and oxygen atoms in total. The molecule has 1 atom stereocenters. The summed E-state index contributed by atoms with van der Waals surface area (Å²) in [5, 5.41) is 3.13. The molecule has 1 N–H and O–H groups in total. The summed E-state index contributed by atoms with van der Waals surface area (Å²) in [5.41, 5.74) is 0. The van der Waals surface area contributed by atoms with Crippen LogP contribution in [0.2, 0.25) is 0 Å². The lowest BCUT2D eigenvalue weighted by Crippen LogP contribution is -2.03. The van der Waals surface area contributed by atoms with E-state index < -0.39 is 10.8 Å². The minimum Gasteiger partial charge on any atom is -0.491 e. The van der Waals surface area contributed by atoms with Gasteiger partial charge in [0.25, 0.3) is 0 Å². The Morgan fingerprint density at radius 3 is 2.77 bits per heavy atom. The van der Waals surface area contributed by atoms with E-state index in [-0.39, 0.29) is 0 Å². The lowest BCUT2D eigenvalue weighted by Gasteiger charge is -2.06. The molecule has 0 spiro atoms. The molecule has 0 aliphatic heterocycles. The number of aromatic nitrogens is 2. The van der Waals surface area contributed by atoms with Crippen molar-refractivity contribution in [3.63, 3.8) is 0 Å². The number of methoxy groups -OCH3 is 1. The van der Waals surface area contributed by atoms with Crippen LogP contribution in [0.15, 0.2) is 11.4 Å². The summed E-state index contributed by atoms with van der Waals surface area (Å²) in [7, 11) is 2.08. The maximum atomic E-state index is 11.0. The van der Waals surface area contributed by atoms with Gasteiger partial charge >= 0.3 is 0 Å². The van der Waals surface area contributed by atoms with Crippen LogP contribution in [0.3, 0.4) is 0 Å². The highest BCUT2D eigenvalue weighted by atomic mass is 32.2. The Labute approximate surface area is 79.0 Å². The van der Waals surface area contributed by atoms with Crippen molar-refractivity contribution in [2.45, 2.75) is 5.16 Å². The molecule has 0 saturated heterocycles. The molecule has 1 aromatic rings. The Balaban J connectivity index is 3.13. The molecule has 0 radical (unpaired) electrons. The summed E-state index contributed by atoms with van der Waals surface area (Å²) in [6.07, 6.45) is 3.02. The highest BCUT2D eigenvalue weighted by Gasteiger charge is 2.07. The van der Waals surface area contributed by atoms with Gasteiger partial charge in [0, 0.05) is 13.3 Å². The first-order valence-electron chi connectivity index (χ1n) is 3.61. The average Bonchev–Trinajstić information content (AvgIpc) is 2.16. The SMILES string of the molecule is CNc1nc(S(C)=O)ncc1OC. The number of nitrogens with one attached hydrogen (secondary N) is 1. The average molecular weight is 201 g/mol. The second-order valence-corrected chi connectivity index (χ2v) is 3.55. The van der Waals surface area contributed by atoms with Gasteiger partial charge in [-0.05, 0) is 0 Å². The molecule has 0 bridgehead atoms. The molecular weight excluding hydrogens is 190 g/mol. The van der Waals surface area contributed by atoms with Crippen LogP contribution in [0.5, 0.6) is 5.75 Å². The van der Waals surface area contributed by atoms with E-state index in [2.05, 4.69) is 15.3 Å². The first-order valence-corrected chi connectivity index (χ1v) is 5.17. The minimum atomic E-state index is -1.17. The molecule has 0 amide bonds. The van der Waals surface area contributed by atoms with Gasteiger partial charge in [0.1, 0.15) is 0 Å². The van der Waals surface area contributed by atoms with Gasteiger partial charge in [0.05, 0.1) is 24.1 Å². The molecule has 0 aliphatic carbocycles. The van der Waals surface area contributed by atoms with E-state index in [1.807, 2.05) is 0 Å². The van der Waals surface area contributed by atoms with E-state index >= 15 is 0 Å². The molecule has 6 heteroatoms. The van der Waals surface area contributed by atoms with Crippen molar-refractivity contribution in [1.29, 1.82) is 0 Å². The molecule has 0 aliphatic rings. The lowest BCUT2D eigenvalue weighted by molar-refractivity contribution is 0.411. The minimum absolute atomic E-state index is 0.296. The van der Waals surface area contributed by atoms with Crippen LogP contribution in [-0.2, 0) is 10.8 Å². The molecule has 13 heavy (non-hydrogen) atoms. The van der Waals surface area contributed by atoms with Crippen molar-refractivity contribution >= 4 is 16.6 Å². The van der Waals surface area contributed by atoms with Crippen molar-refractivity contribution in [3.05, 3.63) is 6.20 Å². The van der Waals surface area contributed by atoms with E-state index in [1.54, 1.807) is 7.05 Å². The van der Waals surface area contributed by atoms with Gasteiger partial charge < -0.3 is 10.1 Å². The van der Waals surface area contributed by atoms with Crippen molar-refractivity contribution < 1.29 is 8.95 Å². The maximum Gasteiger partial charge on any atom is 0.220 e. The van der Waals surface area contributed by atoms with Crippen LogP contribution in [0, 0.1) is 0 Å². The number of ether oxygens (including phenoxy) is 1. The Morgan fingerprint density at radius 2 is 2.31 bits per heavy atom. The quantitative estimate of drug-likeness (QED) is 0.711. The zero-order chi connectivity index (χ0) is 9.84. The summed E-state index contributed by atoms with van der Waals surface area (Å²) in [6, 6.07) is 0. The summed E-state index contributed by atoms with van der Waals surface area (Å²) < 4.78 is 16.0. The molecule has 1 rings (SSSR count). The maximum absolute atomic E-state index is 11.0. The first kappa shape index (κ1) is 9.91. The van der Waals surface area contributed by atoms with E-state index in [4.69, 9.17) is 4.74 Å². The van der Waals surface area contributed by atoms with Crippen molar-refractivity contribution in [2.24, 2.45) is 0 Å². The Hall–Kier alpha value is -1.17. The number of nitrogens with zero attached hydrogens (tertiary/aromatic N) is 2. The van der Waals surface area contributed by atoms with Crippen LogP contribution in [0.1, 0.15) is 0 Å². The van der Waals surface area contributed by atoms with E-state index in [0.29, 0.717) is 16.7 Å². The standard InChI is InChI=1S/C7H11N3O2S/c1-8-6-5(12-2)4-9-7(10-6)13(3)11/h4H,1-3H3,(H,8,9,10). The third-order valence-electron chi connectivity index (χ3n) is 1.45. The third kappa shape index (κ3) is 2.15. The normalized spacial score (nSPS) is 12.2. The van der Waals surface area contributed by atoms with Crippen LogP contribution < -0.4 is 10.1 Å². The fraction of sp³-hybridized carbons (Fsp3) is 0.429. The van der Waals surface area contributed by atoms with Gasteiger partial charge in [0.2, 0.25) is 5.16 Å². The first-order chi connectivity index (χ1) is 6.19. The lowest BCUT2D eigenvalue weighted by atomic mass is 10.5. The van der Waals surface area contributed by atoms with E-state index in [0.717, 1.165) is 0 Å². The van der Waals surface area contributed by atoms with Gasteiger partial charge in [-0.3, -0.25) is 4.21 Å². The topological polar surface area (TPSA) is 64.1 Å². The third-order valence-corrected chi connectivity index (χ3v) is 2.16. The summed E-state index contributed by atoms with van der Waals surface area (Å²) in [4.78, 5) is 7.90. The van der Waals surface area contributed by atoms with E-state index in [9.17, 15) is 4.21 Å². The predicted octanol–water partition coefficient (Wildman–Crippen LogP) is 0.264. The molecule has 1 heterocycles. The molecule has 1 unspecified atom stereocenters. The molecule has 72 valence electrons.